The van der Waals surface area contributed by atoms with Gasteiger partial charge in [0.05, 0.1) is 10.6 Å². The third-order valence-electron chi connectivity index (χ3n) is 3.65. The Morgan fingerprint density at radius 3 is 3.00 bits per heavy atom. The van der Waals surface area contributed by atoms with E-state index >= 15 is 0 Å². The fourth-order valence-electron chi connectivity index (χ4n) is 2.56. The molecular weight excluding hydrogens is 260 g/mol. The summed E-state index contributed by atoms with van der Waals surface area (Å²) in [6.45, 7) is 5.91. The summed E-state index contributed by atoms with van der Waals surface area (Å²) < 4.78 is 0. The van der Waals surface area contributed by atoms with Gasteiger partial charge in [0.1, 0.15) is 0 Å². The molecule has 1 aliphatic heterocycles. The smallest absolute Gasteiger partial charge is 0.252 e. The third-order valence-corrected chi connectivity index (χ3v) is 3.97. The SMILES string of the molecule is Cc1ccc(C(=O)NCC2CCNC(C)C2)c(Cl)c1. The highest BCUT2D eigenvalue weighted by Crippen LogP contribution is 2.18. The van der Waals surface area contributed by atoms with Crippen LogP contribution in [0, 0.1) is 12.8 Å². The van der Waals surface area contributed by atoms with E-state index in [2.05, 4.69) is 17.6 Å². The number of rotatable bonds is 3. The first-order chi connectivity index (χ1) is 9.06. The highest BCUT2D eigenvalue weighted by atomic mass is 35.5. The molecule has 0 bridgehead atoms. The Labute approximate surface area is 119 Å². The molecular formula is C15H21ClN2O. The van der Waals surface area contributed by atoms with Gasteiger partial charge in [-0.15, -0.1) is 0 Å². The zero-order valence-corrected chi connectivity index (χ0v) is 12.3. The number of hydrogen-bond donors (Lipinski definition) is 2. The minimum Gasteiger partial charge on any atom is -0.352 e. The number of piperidine rings is 1. The summed E-state index contributed by atoms with van der Waals surface area (Å²) in [4.78, 5) is 12.1. The van der Waals surface area contributed by atoms with Gasteiger partial charge in [0.25, 0.3) is 5.91 Å². The third kappa shape index (κ3) is 3.95. The molecule has 2 atom stereocenters. The van der Waals surface area contributed by atoms with Crippen molar-refractivity contribution >= 4 is 17.5 Å². The first kappa shape index (κ1) is 14.4. The molecule has 2 unspecified atom stereocenters. The number of hydrogen-bond acceptors (Lipinski definition) is 2. The van der Waals surface area contributed by atoms with Crippen LogP contribution in [-0.2, 0) is 0 Å². The molecule has 1 fully saturated rings. The lowest BCUT2D eigenvalue weighted by Crippen LogP contribution is -2.40. The number of aryl methyl sites for hydroxylation is 1. The summed E-state index contributed by atoms with van der Waals surface area (Å²) in [6, 6.07) is 6.06. The van der Waals surface area contributed by atoms with Gasteiger partial charge in [0, 0.05) is 12.6 Å². The van der Waals surface area contributed by atoms with E-state index < -0.39 is 0 Å². The van der Waals surface area contributed by atoms with Crippen molar-refractivity contribution < 1.29 is 4.79 Å². The molecule has 1 aromatic rings. The van der Waals surface area contributed by atoms with Crippen molar-refractivity contribution in [1.82, 2.24) is 10.6 Å². The van der Waals surface area contributed by atoms with E-state index in [1.807, 2.05) is 19.1 Å². The first-order valence-corrected chi connectivity index (χ1v) is 7.22. The average molecular weight is 281 g/mol. The lowest BCUT2D eigenvalue weighted by molar-refractivity contribution is 0.0942. The molecule has 1 aliphatic rings. The number of halogens is 1. The highest BCUT2D eigenvalue weighted by molar-refractivity contribution is 6.33. The molecule has 1 amide bonds. The standard InChI is InChI=1S/C15H21ClN2O/c1-10-3-4-13(14(16)7-10)15(19)18-9-12-5-6-17-11(2)8-12/h3-4,7,11-12,17H,5-6,8-9H2,1-2H3,(H,18,19). The van der Waals surface area contributed by atoms with Crippen molar-refractivity contribution in [2.75, 3.05) is 13.1 Å². The highest BCUT2D eigenvalue weighted by Gasteiger charge is 2.19. The predicted molar refractivity (Wildman–Crippen MR) is 78.7 cm³/mol. The molecule has 2 rings (SSSR count). The van der Waals surface area contributed by atoms with Gasteiger partial charge in [0.2, 0.25) is 0 Å². The molecule has 3 nitrogen and oxygen atoms in total. The number of amides is 1. The van der Waals surface area contributed by atoms with Crippen LogP contribution >= 0.6 is 11.6 Å². The Bertz CT molecular complexity index is 461. The van der Waals surface area contributed by atoms with Crippen LogP contribution in [0.4, 0.5) is 0 Å². The van der Waals surface area contributed by atoms with Crippen LogP contribution < -0.4 is 10.6 Å². The Hall–Kier alpha value is -1.06. The molecule has 2 N–H and O–H groups in total. The normalized spacial score (nSPS) is 23.1. The van der Waals surface area contributed by atoms with Crippen LogP contribution in [0.15, 0.2) is 18.2 Å². The van der Waals surface area contributed by atoms with Crippen molar-refractivity contribution in [3.05, 3.63) is 34.3 Å². The van der Waals surface area contributed by atoms with E-state index in [-0.39, 0.29) is 5.91 Å². The molecule has 0 spiro atoms. The van der Waals surface area contributed by atoms with E-state index in [9.17, 15) is 4.79 Å². The van der Waals surface area contributed by atoms with Crippen LogP contribution in [0.25, 0.3) is 0 Å². The zero-order chi connectivity index (χ0) is 13.8. The molecule has 0 aromatic heterocycles. The van der Waals surface area contributed by atoms with Crippen LogP contribution in [0.3, 0.4) is 0 Å². The van der Waals surface area contributed by atoms with Crippen molar-refractivity contribution in [2.24, 2.45) is 5.92 Å². The van der Waals surface area contributed by atoms with Crippen molar-refractivity contribution in [3.8, 4) is 0 Å². The Balaban J connectivity index is 1.90. The second-order valence-electron chi connectivity index (χ2n) is 5.44. The first-order valence-electron chi connectivity index (χ1n) is 6.84. The van der Waals surface area contributed by atoms with Gasteiger partial charge in [-0.2, -0.15) is 0 Å². The summed E-state index contributed by atoms with van der Waals surface area (Å²) >= 11 is 6.10. The summed E-state index contributed by atoms with van der Waals surface area (Å²) in [5.74, 6) is 0.487. The number of carbonyl (C=O) groups is 1. The van der Waals surface area contributed by atoms with Gasteiger partial charge in [-0.05, 0) is 56.8 Å². The topological polar surface area (TPSA) is 41.1 Å². The minimum absolute atomic E-state index is 0.0730. The van der Waals surface area contributed by atoms with Crippen molar-refractivity contribution in [3.63, 3.8) is 0 Å². The van der Waals surface area contributed by atoms with E-state index in [1.165, 1.54) is 0 Å². The lowest BCUT2D eigenvalue weighted by atomic mass is 9.93. The lowest BCUT2D eigenvalue weighted by Gasteiger charge is -2.28. The van der Waals surface area contributed by atoms with Gasteiger partial charge >= 0.3 is 0 Å². The quantitative estimate of drug-likeness (QED) is 0.894. The summed E-state index contributed by atoms with van der Waals surface area (Å²) in [7, 11) is 0. The Kier molecular flexibility index (Phi) is 4.83. The molecule has 0 saturated carbocycles. The van der Waals surface area contributed by atoms with Crippen LogP contribution in [0.5, 0.6) is 0 Å². The largest absolute Gasteiger partial charge is 0.352 e. The maximum Gasteiger partial charge on any atom is 0.252 e. The zero-order valence-electron chi connectivity index (χ0n) is 11.5. The van der Waals surface area contributed by atoms with Crippen LogP contribution in [0.1, 0.15) is 35.7 Å². The number of nitrogens with one attached hydrogen (secondary N) is 2. The van der Waals surface area contributed by atoms with Gasteiger partial charge in [-0.25, -0.2) is 0 Å². The molecule has 1 saturated heterocycles. The van der Waals surface area contributed by atoms with Gasteiger partial charge in [-0.1, -0.05) is 17.7 Å². The van der Waals surface area contributed by atoms with E-state index in [4.69, 9.17) is 11.6 Å². The number of carbonyl (C=O) groups excluding carboxylic acids is 1. The summed E-state index contributed by atoms with van der Waals surface area (Å²) in [5, 5.41) is 6.94. The van der Waals surface area contributed by atoms with Crippen LogP contribution in [0.2, 0.25) is 5.02 Å². The maximum atomic E-state index is 12.1. The molecule has 104 valence electrons. The molecule has 0 aliphatic carbocycles. The second kappa shape index (κ2) is 6.40. The Morgan fingerprint density at radius 2 is 2.32 bits per heavy atom. The second-order valence-corrected chi connectivity index (χ2v) is 5.85. The van der Waals surface area contributed by atoms with Gasteiger partial charge in [-0.3, -0.25) is 4.79 Å². The molecule has 1 heterocycles. The predicted octanol–water partition coefficient (Wildman–Crippen LogP) is 2.77. The molecule has 1 aromatic carbocycles. The number of benzene rings is 1. The van der Waals surface area contributed by atoms with Gasteiger partial charge < -0.3 is 10.6 Å². The van der Waals surface area contributed by atoms with E-state index in [0.29, 0.717) is 22.5 Å². The fraction of sp³-hybridized carbons (Fsp3) is 0.533. The van der Waals surface area contributed by atoms with Gasteiger partial charge in [0.15, 0.2) is 0 Å². The van der Waals surface area contributed by atoms with Crippen LogP contribution in [-0.4, -0.2) is 25.0 Å². The molecule has 19 heavy (non-hydrogen) atoms. The van der Waals surface area contributed by atoms with E-state index in [1.54, 1.807) is 6.07 Å². The van der Waals surface area contributed by atoms with Crippen molar-refractivity contribution in [2.45, 2.75) is 32.7 Å². The van der Waals surface area contributed by atoms with Crippen molar-refractivity contribution in [1.29, 1.82) is 0 Å². The maximum absolute atomic E-state index is 12.1. The fourth-order valence-corrected chi connectivity index (χ4v) is 2.88. The summed E-state index contributed by atoms with van der Waals surface area (Å²) in [5.41, 5.74) is 1.63. The van der Waals surface area contributed by atoms with E-state index in [0.717, 1.165) is 31.5 Å². The minimum atomic E-state index is -0.0730. The summed E-state index contributed by atoms with van der Waals surface area (Å²) in [6.07, 6.45) is 2.23. The Morgan fingerprint density at radius 1 is 1.53 bits per heavy atom. The monoisotopic (exact) mass is 280 g/mol. The molecule has 0 radical (unpaired) electrons. The average Bonchev–Trinajstić information content (AvgIpc) is 2.36. The molecule has 4 heteroatoms.